The van der Waals surface area contributed by atoms with Gasteiger partial charge in [-0.1, -0.05) is 27.3 Å². The van der Waals surface area contributed by atoms with E-state index in [1.165, 1.54) is 17.7 Å². The summed E-state index contributed by atoms with van der Waals surface area (Å²) in [6.45, 7) is 0.605. The van der Waals surface area contributed by atoms with Gasteiger partial charge < -0.3 is 9.30 Å². The summed E-state index contributed by atoms with van der Waals surface area (Å²) in [7, 11) is 1.52. The first-order chi connectivity index (χ1) is 12.0. The predicted molar refractivity (Wildman–Crippen MR) is 95.6 cm³/mol. The highest BCUT2D eigenvalue weighted by Gasteiger charge is 2.14. The second-order valence-electron chi connectivity index (χ2n) is 5.19. The smallest absolute Gasteiger partial charge is 0.279 e. The number of benzene rings is 2. The number of hydrogen-bond donors (Lipinski definition) is 0. The molecule has 1 heterocycles. The summed E-state index contributed by atoms with van der Waals surface area (Å²) in [6.07, 6.45) is 0. The van der Waals surface area contributed by atoms with E-state index in [4.69, 9.17) is 4.74 Å². The van der Waals surface area contributed by atoms with Crippen molar-refractivity contribution in [1.29, 1.82) is 0 Å². The number of amides is 1. The van der Waals surface area contributed by atoms with Crippen LogP contribution in [0.15, 0.2) is 45.9 Å². The van der Waals surface area contributed by atoms with Crippen molar-refractivity contribution in [3.8, 4) is 0 Å². The summed E-state index contributed by atoms with van der Waals surface area (Å²) < 4.78 is 35.5. The van der Waals surface area contributed by atoms with E-state index in [0.29, 0.717) is 28.2 Å². The Balaban J connectivity index is 2.15. The summed E-state index contributed by atoms with van der Waals surface area (Å²) in [6, 6.07) is 8.81. The highest BCUT2D eigenvalue weighted by Crippen LogP contribution is 2.22. The van der Waals surface area contributed by atoms with Crippen molar-refractivity contribution in [3.05, 3.63) is 62.9 Å². The van der Waals surface area contributed by atoms with Crippen LogP contribution in [0.5, 0.6) is 0 Å². The molecule has 8 heteroatoms. The van der Waals surface area contributed by atoms with Gasteiger partial charge in [0.15, 0.2) is 10.6 Å². The van der Waals surface area contributed by atoms with Crippen LogP contribution in [0.2, 0.25) is 0 Å². The number of halogens is 3. The Hall–Kier alpha value is -1.90. The van der Waals surface area contributed by atoms with Gasteiger partial charge in [-0.05, 0) is 30.3 Å². The van der Waals surface area contributed by atoms with Crippen molar-refractivity contribution in [2.75, 3.05) is 13.7 Å². The van der Waals surface area contributed by atoms with Crippen LogP contribution in [0.4, 0.5) is 8.78 Å². The molecular formula is C17H13BrF2N2O2S. The third kappa shape index (κ3) is 3.86. The highest BCUT2D eigenvalue weighted by molar-refractivity contribution is 9.10. The Morgan fingerprint density at radius 1 is 1.28 bits per heavy atom. The molecule has 0 saturated heterocycles. The van der Waals surface area contributed by atoms with Crippen LogP contribution in [-0.2, 0) is 11.3 Å². The first-order valence-electron chi connectivity index (χ1n) is 7.31. The minimum absolute atomic E-state index is 0.214. The Bertz CT molecular complexity index is 996. The third-order valence-corrected chi connectivity index (χ3v) is 5.06. The molecule has 0 spiro atoms. The van der Waals surface area contributed by atoms with Gasteiger partial charge in [0, 0.05) is 29.8 Å². The molecule has 2 aromatic carbocycles. The van der Waals surface area contributed by atoms with Gasteiger partial charge >= 0.3 is 0 Å². The number of aromatic nitrogens is 1. The van der Waals surface area contributed by atoms with Crippen molar-refractivity contribution in [3.63, 3.8) is 0 Å². The Kier molecular flexibility index (Phi) is 5.41. The van der Waals surface area contributed by atoms with Crippen LogP contribution in [0.3, 0.4) is 0 Å². The summed E-state index contributed by atoms with van der Waals surface area (Å²) in [4.78, 5) is 16.8. The second-order valence-corrected chi connectivity index (χ2v) is 7.11. The van der Waals surface area contributed by atoms with Gasteiger partial charge in [0.05, 0.1) is 16.8 Å². The maximum Gasteiger partial charge on any atom is 0.279 e. The Labute approximate surface area is 154 Å². The van der Waals surface area contributed by atoms with Gasteiger partial charge in [0.2, 0.25) is 0 Å². The van der Waals surface area contributed by atoms with Crippen molar-refractivity contribution in [2.24, 2.45) is 4.99 Å². The molecule has 4 nitrogen and oxygen atoms in total. The standard InChI is InChI=1S/C17H13BrF2N2O2S/c1-24-7-6-22-15-13(20)8-12(19)9-14(15)25-17(22)21-16(23)10-2-4-11(18)5-3-10/h2-5,8-9H,6-7H2,1H3. The predicted octanol–water partition coefficient (Wildman–Crippen LogP) is 4.13. The highest BCUT2D eigenvalue weighted by atomic mass is 79.9. The number of carbonyl (C=O) groups is 1. The molecule has 0 bridgehead atoms. The van der Waals surface area contributed by atoms with Crippen molar-refractivity contribution in [1.82, 2.24) is 4.57 Å². The molecule has 25 heavy (non-hydrogen) atoms. The minimum atomic E-state index is -0.695. The van der Waals surface area contributed by atoms with Crippen LogP contribution in [0, 0.1) is 11.6 Å². The molecule has 0 unspecified atom stereocenters. The van der Waals surface area contributed by atoms with Gasteiger partial charge in [-0.15, -0.1) is 0 Å². The van der Waals surface area contributed by atoms with Crippen LogP contribution >= 0.6 is 27.3 Å². The first-order valence-corrected chi connectivity index (χ1v) is 8.92. The van der Waals surface area contributed by atoms with Gasteiger partial charge in [0.1, 0.15) is 5.82 Å². The van der Waals surface area contributed by atoms with E-state index in [-0.39, 0.29) is 5.52 Å². The molecule has 0 radical (unpaired) electrons. The lowest BCUT2D eigenvalue weighted by molar-refractivity contribution is 0.0997. The molecule has 0 N–H and O–H groups in total. The summed E-state index contributed by atoms with van der Waals surface area (Å²) >= 11 is 4.36. The molecule has 130 valence electrons. The fraction of sp³-hybridized carbons (Fsp3) is 0.176. The normalized spacial score (nSPS) is 12.1. The number of nitrogens with zero attached hydrogens (tertiary/aromatic N) is 2. The molecule has 1 amide bonds. The second kappa shape index (κ2) is 7.55. The molecule has 0 fully saturated rings. The van der Waals surface area contributed by atoms with E-state index in [0.717, 1.165) is 21.9 Å². The lowest BCUT2D eigenvalue weighted by Gasteiger charge is -2.05. The van der Waals surface area contributed by atoms with E-state index >= 15 is 0 Å². The quantitative estimate of drug-likeness (QED) is 0.629. The minimum Gasteiger partial charge on any atom is -0.383 e. The van der Waals surface area contributed by atoms with Gasteiger partial charge in [0.25, 0.3) is 5.91 Å². The molecule has 0 aliphatic heterocycles. The number of rotatable bonds is 4. The van der Waals surface area contributed by atoms with E-state index in [1.807, 2.05) is 0 Å². The molecule has 0 atom stereocenters. The van der Waals surface area contributed by atoms with Crippen molar-refractivity contribution >= 4 is 43.4 Å². The van der Waals surface area contributed by atoms with Crippen molar-refractivity contribution in [2.45, 2.75) is 6.54 Å². The van der Waals surface area contributed by atoms with Crippen LogP contribution in [0.25, 0.3) is 10.2 Å². The number of methoxy groups -OCH3 is 1. The largest absolute Gasteiger partial charge is 0.383 e. The third-order valence-electron chi connectivity index (χ3n) is 3.50. The van der Waals surface area contributed by atoms with Gasteiger partial charge in [-0.2, -0.15) is 4.99 Å². The SMILES string of the molecule is COCCn1c(=NC(=O)c2ccc(Br)cc2)sc2cc(F)cc(F)c21. The maximum absolute atomic E-state index is 14.2. The number of hydrogen-bond acceptors (Lipinski definition) is 3. The van der Waals surface area contributed by atoms with E-state index in [2.05, 4.69) is 20.9 Å². The zero-order chi connectivity index (χ0) is 18.0. The van der Waals surface area contributed by atoms with Gasteiger partial charge in [-0.3, -0.25) is 4.79 Å². The Morgan fingerprint density at radius 3 is 2.68 bits per heavy atom. The summed E-state index contributed by atoms with van der Waals surface area (Å²) in [5.74, 6) is -1.82. The monoisotopic (exact) mass is 426 g/mol. The zero-order valence-electron chi connectivity index (χ0n) is 13.1. The molecule has 0 aliphatic carbocycles. The number of ether oxygens (including phenoxy) is 1. The van der Waals surface area contributed by atoms with E-state index in [1.54, 1.807) is 24.3 Å². The van der Waals surface area contributed by atoms with Crippen LogP contribution in [0.1, 0.15) is 10.4 Å². The lowest BCUT2D eigenvalue weighted by atomic mass is 10.2. The zero-order valence-corrected chi connectivity index (χ0v) is 15.5. The average Bonchev–Trinajstić information content (AvgIpc) is 2.90. The van der Waals surface area contributed by atoms with Crippen molar-refractivity contribution < 1.29 is 18.3 Å². The molecule has 0 saturated carbocycles. The summed E-state index contributed by atoms with van der Waals surface area (Å²) in [5.41, 5.74) is 0.622. The lowest BCUT2D eigenvalue weighted by Crippen LogP contribution is -2.19. The fourth-order valence-corrected chi connectivity index (χ4v) is 3.71. The molecule has 0 aliphatic rings. The molecule has 3 aromatic rings. The Morgan fingerprint density at radius 2 is 2.00 bits per heavy atom. The van der Waals surface area contributed by atoms with Gasteiger partial charge in [-0.25, -0.2) is 8.78 Å². The average molecular weight is 427 g/mol. The topological polar surface area (TPSA) is 43.6 Å². The summed E-state index contributed by atoms with van der Waals surface area (Å²) in [5, 5.41) is 0. The number of carbonyl (C=O) groups excluding carboxylic acids is 1. The maximum atomic E-state index is 14.2. The molecule has 3 rings (SSSR count). The van der Waals surface area contributed by atoms with E-state index < -0.39 is 17.5 Å². The first kappa shape index (κ1) is 17.9. The fourth-order valence-electron chi connectivity index (χ4n) is 2.35. The van der Waals surface area contributed by atoms with Crippen LogP contribution < -0.4 is 4.80 Å². The van der Waals surface area contributed by atoms with E-state index in [9.17, 15) is 13.6 Å². The van der Waals surface area contributed by atoms with Crippen LogP contribution in [-0.4, -0.2) is 24.2 Å². The number of fused-ring (bicyclic) bond motifs is 1. The molecule has 1 aromatic heterocycles. The molecular weight excluding hydrogens is 414 g/mol. The number of thiazole rings is 1.